The van der Waals surface area contributed by atoms with Crippen LogP contribution >= 0.6 is 0 Å². The van der Waals surface area contributed by atoms with Crippen LogP contribution in [0.1, 0.15) is 17.2 Å². The third-order valence-electron chi connectivity index (χ3n) is 3.59. The minimum Gasteiger partial charge on any atom is -1.00 e. The van der Waals surface area contributed by atoms with Gasteiger partial charge in [0.1, 0.15) is 5.75 Å². The smallest absolute Gasteiger partial charge is 0.212 e. The first-order chi connectivity index (χ1) is 10.4. The molecule has 0 fully saturated rings. The summed E-state index contributed by atoms with van der Waals surface area (Å²) >= 11 is 0. The number of hydrogen-bond donors (Lipinski definition) is 0. The van der Waals surface area contributed by atoms with Gasteiger partial charge >= 0.3 is 0 Å². The van der Waals surface area contributed by atoms with Crippen molar-refractivity contribution in [3.63, 3.8) is 0 Å². The van der Waals surface area contributed by atoms with E-state index >= 15 is 0 Å². The van der Waals surface area contributed by atoms with Gasteiger partial charge < -0.3 is 28.7 Å². The molecule has 3 rings (SSSR count). The van der Waals surface area contributed by atoms with Crippen molar-refractivity contribution in [3.8, 4) is 5.75 Å². The van der Waals surface area contributed by atoms with Gasteiger partial charge in [-0.3, -0.25) is 0 Å². The number of halogens is 1. The van der Waals surface area contributed by atoms with E-state index in [1.807, 2.05) is 36.4 Å². The lowest BCUT2D eigenvalue weighted by atomic mass is 9.97. The standard InChI is InChI=1S/C19H18NO.HI/c1-21-18-13-7-6-12-17(18)19(16-10-4-2-5-11-16)20-14-8-3-9-15-20;/h2-15,19H,1H3;1H/q+1;/p-1. The second kappa shape index (κ2) is 7.94. The Hall–Kier alpha value is -1.88. The number of rotatable bonds is 4. The van der Waals surface area contributed by atoms with Crippen molar-refractivity contribution in [2.45, 2.75) is 6.04 Å². The number of para-hydroxylation sites is 1. The van der Waals surface area contributed by atoms with Crippen molar-refractivity contribution in [1.29, 1.82) is 0 Å². The molecule has 0 aliphatic carbocycles. The van der Waals surface area contributed by atoms with E-state index in [0.29, 0.717) is 0 Å². The summed E-state index contributed by atoms with van der Waals surface area (Å²) in [7, 11) is 1.72. The number of nitrogens with zero attached hydrogens (tertiary/aromatic N) is 1. The quantitative estimate of drug-likeness (QED) is 0.460. The van der Waals surface area contributed by atoms with Crippen molar-refractivity contribution < 1.29 is 33.3 Å². The average molecular weight is 403 g/mol. The molecule has 0 N–H and O–H groups in total. The summed E-state index contributed by atoms with van der Waals surface area (Å²) in [6.45, 7) is 0. The Morgan fingerprint density at radius 3 is 2.05 bits per heavy atom. The van der Waals surface area contributed by atoms with Crippen molar-refractivity contribution in [1.82, 2.24) is 0 Å². The Morgan fingerprint density at radius 1 is 0.773 bits per heavy atom. The number of ether oxygens (including phenoxy) is 1. The van der Waals surface area contributed by atoms with Gasteiger partial charge in [-0.2, -0.15) is 4.57 Å². The van der Waals surface area contributed by atoms with Gasteiger partial charge in [-0.15, -0.1) is 0 Å². The van der Waals surface area contributed by atoms with Crippen molar-refractivity contribution in [3.05, 3.63) is 96.3 Å². The molecule has 0 aliphatic rings. The molecule has 2 nitrogen and oxygen atoms in total. The van der Waals surface area contributed by atoms with E-state index in [0.717, 1.165) is 11.3 Å². The summed E-state index contributed by atoms with van der Waals surface area (Å²) in [5.41, 5.74) is 2.39. The van der Waals surface area contributed by atoms with Crippen LogP contribution in [0.25, 0.3) is 0 Å². The molecule has 0 aliphatic heterocycles. The van der Waals surface area contributed by atoms with Crippen LogP contribution in [0.2, 0.25) is 0 Å². The maximum absolute atomic E-state index is 5.56. The molecule has 0 saturated heterocycles. The molecular weight excluding hydrogens is 385 g/mol. The van der Waals surface area contributed by atoms with E-state index in [-0.39, 0.29) is 30.0 Å². The number of benzene rings is 2. The van der Waals surface area contributed by atoms with Crippen LogP contribution in [-0.4, -0.2) is 7.11 Å². The molecule has 3 heteroatoms. The molecule has 0 amide bonds. The minimum absolute atomic E-state index is 0. The summed E-state index contributed by atoms with van der Waals surface area (Å²) in [5.74, 6) is 0.905. The fourth-order valence-electron chi connectivity index (χ4n) is 2.62. The molecule has 22 heavy (non-hydrogen) atoms. The van der Waals surface area contributed by atoms with E-state index in [9.17, 15) is 0 Å². The monoisotopic (exact) mass is 403 g/mol. The molecule has 0 bridgehead atoms. The molecular formula is C19H18INO. The highest BCUT2D eigenvalue weighted by atomic mass is 127. The molecule has 0 saturated carbocycles. The Balaban J connectivity index is 0.00000176. The SMILES string of the molecule is COc1ccccc1C(c1ccccc1)[n+]1ccccc1.[I-]. The molecule has 0 radical (unpaired) electrons. The number of pyridine rings is 1. The zero-order valence-electron chi connectivity index (χ0n) is 12.4. The molecule has 1 unspecified atom stereocenters. The van der Waals surface area contributed by atoms with Crippen molar-refractivity contribution in [2.75, 3.05) is 7.11 Å². The summed E-state index contributed by atoms with van der Waals surface area (Å²) in [6.07, 6.45) is 4.17. The minimum atomic E-state index is 0. The van der Waals surface area contributed by atoms with Crippen molar-refractivity contribution in [2.24, 2.45) is 0 Å². The topological polar surface area (TPSA) is 13.1 Å². The highest BCUT2D eigenvalue weighted by molar-refractivity contribution is 5.40. The number of hydrogen-bond acceptors (Lipinski definition) is 1. The Kier molecular flexibility index (Phi) is 5.95. The van der Waals surface area contributed by atoms with Crippen LogP contribution in [0.15, 0.2) is 85.2 Å². The van der Waals surface area contributed by atoms with Gasteiger partial charge in [0.15, 0.2) is 12.4 Å². The Bertz CT molecular complexity index is 661. The van der Waals surface area contributed by atoms with Gasteiger partial charge in [-0.25, -0.2) is 0 Å². The second-order valence-electron chi connectivity index (χ2n) is 4.88. The Labute approximate surface area is 148 Å². The summed E-state index contributed by atoms with van der Waals surface area (Å²) < 4.78 is 7.76. The first-order valence-electron chi connectivity index (χ1n) is 7.04. The van der Waals surface area contributed by atoms with E-state index in [2.05, 4.69) is 53.4 Å². The van der Waals surface area contributed by atoms with E-state index in [4.69, 9.17) is 4.74 Å². The molecule has 2 aromatic carbocycles. The van der Waals surface area contributed by atoms with E-state index < -0.39 is 0 Å². The lowest BCUT2D eigenvalue weighted by molar-refractivity contribution is -0.704. The number of methoxy groups -OCH3 is 1. The molecule has 1 aromatic heterocycles. The molecule has 1 atom stereocenters. The molecule has 3 aromatic rings. The zero-order chi connectivity index (χ0) is 14.5. The van der Waals surface area contributed by atoms with Gasteiger partial charge in [0.25, 0.3) is 0 Å². The van der Waals surface area contributed by atoms with Gasteiger partial charge in [0.2, 0.25) is 6.04 Å². The highest BCUT2D eigenvalue weighted by Crippen LogP contribution is 2.29. The molecule has 112 valence electrons. The maximum Gasteiger partial charge on any atom is 0.212 e. The normalized spacial score (nSPS) is 11.3. The maximum atomic E-state index is 5.56. The molecule has 0 spiro atoms. The van der Waals surface area contributed by atoms with Crippen LogP contribution in [0.4, 0.5) is 0 Å². The largest absolute Gasteiger partial charge is 1.00 e. The zero-order valence-corrected chi connectivity index (χ0v) is 14.6. The fraction of sp³-hybridized carbons (Fsp3) is 0.105. The predicted molar refractivity (Wildman–Crippen MR) is 83.3 cm³/mol. The highest BCUT2D eigenvalue weighted by Gasteiger charge is 2.25. The van der Waals surface area contributed by atoms with Crippen LogP contribution < -0.4 is 33.3 Å². The van der Waals surface area contributed by atoms with Crippen LogP contribution in [0.3, 0.4) is 0 Å². The lowest BCUT2D eigenvalue weighted by Gasteiger charge is -2.16. The van der Waals surface area contributed by atoms with Gasteiger partial charge in [-0.1, -0.05) is 48.5 Å². The van der Waals surface area contributed by atoms with E-state index in [1.165, 1.54) is 5.56 Å². The van der Waals surface area contributed by atoms with Gasteiger partial charge in [-0.05, 0) is 12.1 Å². The first kappa shape index (κ1) is 16.5. The van der Waals surface area contributed by atoms with E-state index in [1.54, 1.807) is 7.11 Å². The lowest BCUT2D eigenvalue weighted by Crippen LogP contribution is -3.00. The average Bonchev–Trinajstić information content (AvgIpc) is 2.58. The second-order valence-corrected chi connectivity index (χ2v) is 4.88. The van der Waals surface area contributed by atoms with Gasteiger partial charge in [0, 0.05) is 17.7 Å². The predicted octanol–water partition coefficient (Wildman–Crippen LogP) is 0.624. The molecule has 1 heterocycles. The van der Waals surface area contributed by atoms with Crippen LogP contribution in [0, 0.1) is 0 Å². The number of aromatic nitrogens is 1. The van der Waals surface area contributed by atoms with Crippen LogP contribution in [-0.2, 0) is 0 Å². The summed E-state index contributed by atoms with van der Waals surface area (Å²) in [4.78, 5) is 0. The van der Waals surface area contributed by atoms with Gasteiger partial charge in [0.05, 0.1) is 12.7 Å². The summed E-state index contributed by atoms with van der Waals surface area (Å²) in [5, 5.41) is 0. The first-order valence-corrected chi connectivity index (χ1v) is 7.04. The Morgan fingerprint density at radius 2 is 1.36 bits per heavy atom. The van der Waals surface area contributed by atoms with Crippen molar-refractivity contribution >= 4 is 0 Å². The van der Waals surface area contributed by atoms with Crippen LogP contribution in [0.5, 0.6) is 5.75 Å². The fourth-order valence-corrected chi connectivity index (χ4v) is 2.62. The third-order valence-corrected chi connectivity index (χ3v) is 3.59. The third kappa shape index (κ3) is 3.47. The summed E-state index contributed by atoms with van der Waals surface area (Å²) in [6, 6.07) is 24.9.